The van der Waals surface area contributed by atoms with Crippen LogP contribution in [0.2, 0.25) is 0 Å². The zero-order chi connectivity index (χ0) is 17.4. The Morgan fingerprint density at radius 1 is 1.04 bits per heavy atom. The summed E-state index contributed by atoms with van der Waals surface area (Å²) in [6.07, 6.45) is 3.12. The molecule has 5 heteroatoms. The van der Waals surface area contributed by atoms with Crippen molar-refractivity contribution >= 4 is 10.9 Å². The number of benzene rings is 2. The number of aromatic hydroxyl groups is 1. The van der Waals surface area contributed by atoms with Gasteiger partial charge in [0.15, 0.2) is 0 Å². The topological polar surface area (TPSA) is 55.4 Å². The van der Waals surface area contributed by atoms with Gasteiger partial charge in [-0.1, -0.05) is 12.1 Å². The standard InChI is InChI=1S/C20H14FNO3/c21-15-3-1-13(2-4-15)11-22-19-9-16(23)5-6-17(19)18(10-20(22)24)14-7-8-25-12-14/h1-10,12,23H,11H2. The number of fused-ring (bicyclic) bond motifs is 1. The molecule has 2 aromatic carbocycles. The van der Waals surface area contributed by atoms with Gasteiger partial charge in [0.05, 0.1) is 24.6 Å². The molecule has 2 aromatic heterocycles. The fourth-order valence-electron chi connectivity index (χ4n) is 2.96. The van der Waals surface area contributed by atoms with Gasteiger partial charge in [-0.2, -0.15) is 0 Å². The van der Waals surface area contributed by atoms with Gasteiger partial charge >= 0.3 is 0 Å². The van der Waals surface area contributed by atoms with Crippen LogP contribution in [0.15, 0.2) is 76.3 Å². The SMILES string of the molecule is O=c1cc(-c2ccoc2)c2ccc(O)cc2n1Cc1ccc(F)cc1. The monoisotopic (exact) mass is 335 g/mol. The molecule has 0 fully saturated rings. The molecule has 0 bridgehead atoms. The lowest BCUT2D eigenvalue weighted by Crippen LogP contribution is -2.20. The van der Waals surface area contributed by atoms with Gasteiger partial charge in [0.1, 0.15) is 11.6 Å². The average molecular weight is 335 g/mol. The smallest absolute Gasteiger partial charge is 0.251 e. The number of aromatic nitrogens is 1. The zero-order valence-electron chi connectivity index (χ0n) is 13.1. The van der Waals surface area contributed by atoms with Crippen molar-refractivity contribution in [3.63, 3.8) is 0 Å². The van der Waals surface area contributed by atoms with Crippen molar-refractivity contribution in [3.05, 3.63) is 88.9 Å². The van der Waals surface area contributed by atoms with E-state index in [0.29, 0.717) is 5.52 Å². The minimum absolute atomic E-state index is 0.0732. The molecular weight excluding hydrogens is 321 g/mol. The molecule has 4 aromatic rings. The summed E-state index contributed by atoms with van der Waals surface area (Å²) in [5, 5.41) is 10.7. The molecule has 0 saturated heterocycles. The lowest BCUT2D eigenvalue weighted by Gasteiger charge is -2.13. The molecule has 0 amide bonds. The largest absolute Gasteiger partial charge is 0.508 e. The highest BCUT2D eigenvalue weighted by atomic mass is 19.1. The normalized spacial score (nSPS) is 11.1. The third-order valence-corrected chi connectivity index (χ3v) is 4.18. The van der Waals surface area contributed by atoms with E-state index in [1.807, 2.05) is 0 Å². The van der Waals surface area contributed by atoms with Gasteiger partial charge in [-0.05, 0) is 41.5 Å². The minimum Gasteiger partial charge on any atom is -0.508 e. The van der Waals surface area contributed by atoms with Gasteiger partial charge in [0.25, 0.3) is 5.56 Å². The van der Waals surface area contributed by atoms with Gasteiger partial charge in [-0.25, -0.2) is 4.39 Å². The van der Waals surface area contributed by atoms with Gasteiger partial charge in [-0.3, -0.25) is 4.79 Å². The van der Waals surface area contributed by atoms with Crippen LogP contribution >= 0.6 is 0 Å². The molecule has 0 aliphatic rings. The molecule has 25 heavy (non-hydrogen) atoms. The van der Waals surface area contributed by atoms with E-state index in [-0.39, 0.29) is 23.7 Å². The first kappa shape index (κ1) is 15.2. The second-order valence-electron chi connectivity index (χ2n) is 5.82. The Balaban J connectivity index is 1.94. The van der Waals surface area contributed by atoms with E-state index >= 15 is 0 Å². The minimum atomic E-state index is -0.325. The van der Waals surface area contributed by atoms with Crippen molar-refractivity contribution < 1.29 is 13.9 Å². The number of hydrogen-bond acceptors (Lipinski definition) is 3. The van der Waals surface area contributed by atoms with Gasteiger partial charge in [0, 0.05) is 23.1 Å². The Morgan fingerprint density at radius 3 is 2.56 bits per heavy atom. The van der Waals surface area contributed by atoms with Crippen LogP contribution in [0, 0.1) is 5.82 Å². The van der Waals surface area contributed by atoms with E-state index in [4.69, 9.17) is 4.42 Å². The third kappa shape index (κ3) is 2.80. The van der Waals surface area contributed by atoms with Crippen LogP contribution in [0.25, 0.3) is 22.0 Å². The lowest BCUT2D eigenvalue weighted by molar-refractivity contribution is 0.476. The number of nitrogens with zero attached hydrogens (tertiary/aromatic N) is 1. The number of pyridine rings is 1. The van der Waals surface area contributed by atoms with Crippen molar-refractivity contribution in [1.29, 1.82) is 0 Å². The Morgan fingerprint density at radius 2 is 1.84 bits per heavy atom. The van der Waals surface area contributed by atoms with Crippen LogP contribution in [0.3, 0.4) is 0 Å². The van der Waals surface area contributed by atoms with E-state index in [2.05, 4.69) is 0 Å². The molecule has 0 radical (unpaired) electrons. The highest BCUT2D eigenvalue weighted by molar-refractivity contribution is 5.95. The summed E-state index contributed by atoms with van der Waals surface area (Å²) >= 11 is 0. The summed E-state index contributed by atoms with van der Waals surface area (Å²) in [6.45, 7) is 0.282. The fraction of sp³-hybridized carbons (Fsp3) is 0.0500. The molecule has 4 nitrogen and oxygen atoms in total. The second kappa shape index (κ2) is 5.94. The maximum atomic E-state index is 13.1. The quantitative estimate of drug-likeness (QED) is 0.612. The van der Waals surface area contributed by atoms with Crippen LogP contribution in [-0.2, 0) is 6.54 Å². The number of furan rings is 1. The molecule has 2 heterocycles. The summed E-state index contributed by atoms with van der Waals surface area (Å²) in [6, 6.07) is 14.2. The summed E-state index contributed by atoms with van der Waals surface area (Å²) in [5.74, 6) is -0.252. The van der Waals surface area contributed by atoms with Crippen LogP contribution in [-0.4, -0.2) is 9.67 Å². The lowest BCUT2D eigenvalue weighted by atomic mass is 10.0. The van der Waals surface area contributed by atoms with Gasteiger partial charge < -0.3 is 14.1 Å². The summed E-state index contributed by atoms with van der Waals surface area (Å²) < 4.78 is 19.8. The van der Waals surface area contributed by atoms with Crippen molar-refractivity contribution in [2.24, 2.45) is 0 Å². The van der Waals surface area contributed by atoms with Crippen LogP contribution < -0.4 is 5.56 Å². The maximum absolute atomic E-state index is 13.1. The number of phenols is 1. The molecule has 0 spiro atoms. The molecule has 1 N–H and O–H groups in total. The number of phenolic OH excluding ortho intramolecular Hbond substituents is 1. The predicted molar refractivity (Wildman–Crippen MR) is 93.1 cm³/mol. The molecular formula is C20H14FNO3. The van der Waals surface area contributed by atoms with Gasteiger partial charge in [0.2, 0.25) is 0 Å². The van der Waals surface area contributed by atoms with Crippen LogP contribution in [0.4, 0.5) is 4.39 Å². The molecule has 0 unspecified atom stereocenters. The number of halogens is 1. The first-order chi connectivity index (χ1) is 12.1. The van der Waals surface area contributed by atoms with Crippen LogP contribution in [0.1, 0.15) is 5.56 Å². The summed E-state index contributed by atoms with van der Waals surface area (Å²) in [7, 11) is 0. The van der Waals surface area contributed by atoms with E-state index < -0.39 is 0 Å². The fourth-order valence-corrected chi connectivity index (χ4v) is 2.96. The molecule has 0 aliphatic carbocycles. The first-order valence-electron chi connectivity index (χ1n) is 7.75. The van der Waals surface area contributed by atoms with E-state index in [0.717, 1.165) is 22.1 Å². The number of rotatable bonds is 3. The molecule has 0 saturated carbocycles. The molecule has 124 valence electrons. The average Bonchev–Trinajstić information content (AvgIpc) is 3.13. The Hall–Kier alpha value is -3.34. The number of hydrogen-bond donors (Lipinski definition) is 1. The van der Waals surface area contributed by atoms with E-state index in [1.54, 1.807) is 59.6 Å². The highest BCUT2D eigenvalue weighted by Gasteiger charge is 2.12. The summed E-state index contributed by atoms with van der Waals surface area (Å²) in [5.41, 5.74) is 2.72. The van der Waals surface area contributed by atoms with Crippen molar-refractivity contribution in [2.75, 3.05) is 0 Å². The first-order valence-corrected chi connectivity index (χ1v) is 7.75. The molecule has 0 atom stereocenters. The van der Waals surface area contributed by atoms with Crippen LogP contribution in [0.5, 0.6) is 5.75 Å². The predicted octanol–water partition coefficient (Wildman–Crippen LogP) is 4.15. The van der Waals surface area contributed by atoms with Gasteiger partial charge in [-0.15, -0.1) is 0 Å². The van der Waals surface area contributed by atoms with Crippen molar-refractivity contribution in [2.45, 2.75) is 6.54 Å². The van der Waals surface area contributed by atoms with Crippen molar-refractivity contribution in [3.8, 4) is 16.9 Å². The third-order valence-electron chi connectivity index (χ3n) is 4.18. The highest BCUT2D eigenvalue weighted by Crippen LogP contribution is 2.30. The van der Waals surface area contributed by atoms with Crippen molar-refractivity contribution in [1.82, 2.24) is 4.57 Å². The second-order valence-corrected chi connectivity index (χ2v) is 5.82. The Bertz CT molecular complexity index is 1100. The van der Waals surface area contributed by atoms with E-state index in [1.165, 1.54) is 12.1 Å². The Labute approximate surface area is 142 Å². The zero-order valence-corrected chi connectivity index (χ0v) is 13.1. The Kier molecular flexibility index (Phi) is 3.61. The maximum Gasteiger partial charge on any atom is 0.251 e. The molecule has 0 aliphatic heterocycles. The van der Waals surface area contributed by atoms with E-state index in [9.17, 15) is 14.3 Å². The summed E-state index contributed by atoms with van der Waals surface area (Å²) in [4.78, 5) is 12.7. The molecule has 4 rings (SSSR count).